The van der Waals surface area contributed by atoms with Crippen molar-refractivity contribution in [3.05, 3.63) is 39.4 Å². The molecule has 112 valence electrons. The molecule has 0 aliphatic heterocycles. The van der Waals surface area contributed by atoms with E-state index in [9.17, 15) is 13.2 Å². The Morgan fingerprint density at radius 2 is 2.05 bits per heavy atom. The van der Waals surface area contributed by atoms with Gasteiger partial charge in [-0.3, -0.25) is 4.72 Å². The quantitative estimate of drug-likeness (QED) is 0.887. The molecule has 2 aromatic rings. The van der Waals surface area contributed by atoms with Crippen molar-refractivity contribution in [1.29, 1.82) is 0 Å². The molecule has 0 saturated heterocycles. The first-order valence-electron chi connectivity index (χ1n) is 5.70. The van der Waals surface area contributed by atoms with Crippen LogP contribution in [0.5, 0.6) is 0 Å². The second kappa shape index (κ2) is 5.63. The summed E-state index contributed by atoms with van der Waals surface area (Å²) in [6.07, 6.45) is 0. The second-order valence-corrected chi connectivity index (χ2v) is 7.51. The molecule has 0 atom stereocenters. The molecular weight excluding hydrogens is 336 g/mol. The van der Waals surface area contributed by atoms with Gasteiger partial charge >= 0.3 is 5.97 Å². The minimum absolute atomic E-state index is 0.122. The summed E-state index contributed by atoms with van der Waals surface area (Å²) in [4.78, 5) is 15.7. The van der Waals surface area contributed by atoms with Gasteiger partial charge in [0.2, 0.25) is 0 Å². The zero-order valence-electron chi connectivity index (χ0n) is 11.0. The van der Waals surface area contributed by atoms with Gasteiger partial charge in [0.05, 0.1) is 21.2 Å². The number of aryl methyl sites for hydroxylation is 2. The highest BCUT2D eigenvalue weighted by atomic mass is 35.5. The van der Waals surface area contributed by atoms with E-state index in [1.54, 1.807) is 6.92 Å². The first-order valence-corrected chi connectivity index (χ1v) is 8.38. The normalized spacial score (nSPS) is 11.4. The van der Waals surface area contributed by atoms with Crippen molar-refractivity contribution in [2.24, 2.45) is 0 Å². The predicted octanol–water partition coefficient (Wildman–Crippen LogP) is 2.91. The Labute approximate surface area is 130 Å². The summed E-state index contributed by atoms with van der Waals surface area (Å²) in [5.41, 5.74) is 0.591. The number of nitrogens with zero attached hydrogens (tertiary/aromatic N) is 1. The van der Waals surface area contributed by atoms with Crippen molar-refractivity contribution in [2.75, 3.05) is 4.72 Å². The molecule has 0 amide bonds. The molecule has 1 aromatic carbocycles. The molecule has 0 bridgehead atoms. The fraction of sp³-hybridized carbons (Fsp3) is 0.167. The number of rotatable bonds is 4. The predicted molar refractivity (Wildman–Crippen MR) is 80.8 cm³/mol. The van der Waals surface area contributed by atoms with Crippen LogP contribution < -0.4 is 4.72 Å². The van der Waals surface area contributed by atoms with Gasteiger partial charge in [-0.15, -0.1) is 11.3 Å². The number of carbonyl (C=O) groups is 1. The molecule has 1 heterocycles. The Balaban J connectivity index is 2.35. The van der Waals surface area contributed by atoms with Gasteiger partial charge in [-0.05, 0) is 32.0 Å². The summed E-state index contributed by atoms with van der Waals surface area (Å²) in [6, 6.07) is 3.43. The van der Waals surface area contributed by atoms with Crippen LogP contribution in [0.1, 0.15) is 20.9 Å². The van der Waals surface area contributed by atoms with Crippen molar-refractivity contribution in [1.82, 2.24) is 4.98 Å². The summed E-state index contributed by atoms with van der Waals surface area (Å²) in [6.45, 7) is 3.62. The number of aromatic nitrogens is 1. The van der Waals surface area contributed by atoms with Crippen LogP contribution in [0.4, 0.5) is 5.13 Å². The van der Waals surface area contributed by atoms with Crippen LogP contribution in [0.25, 0.3) is 0 Å². The smallest absolute Gasteiger partial charge is 0.337 e. The van der Waals surface area contributed by atoms with Crippen molar-refractivity contribution in [3.63, 3.8) is 0 Å². The van der Waals surface area contributed by atoms with Crippen molar-refractivity contribution >= 4 is 44.1 Å². The average molecular weight is 347 g/mol. The summed E-state index contributed by atoms with van der Waals surface area (Å²) < 4.78 is 26.8. The molecule has 2 rings (SSSR count). The van der Waals surface area contributed by atoms with Crippen LogP contribution in [-0.2, 0) is 10.0 Å². The zero-order chi connectivity index (χ0) is 15.8. The summed E-state index contributed by atoms with van der Waals surface area (Å²) in [7, 11) is -3.86. The van der Waals surface area contributed by atoms with Crippen molar-refractivity contribution in [3.8, 4) is 0 Å². The van der Waals surface area contributed by atoms with Gasteiger partial charge < -0.3 is 5.11 Å². The van der Waals surface area contributed by atoms with Gasteiger partial charge in [-0.25, -0.2) is 18.2 Å². The SMILES string of the molecule is Cc1nc(NS(=O)(=O)c2ccc(C(=O)O)c(Cl)c2)sc1C. The maximum atomic E-state index is 12.2. The van der Waals surface area contributed by atoms with E-state index >= 15 is 0 Å². The molecule has 0 saturated carbocycles. The van der Waals surface area contributed by atoms with Crippen molar-refractivity contribution in [2.45, 2.75) is 18.7 Å². The third kappa shape index (κ3) is 3.34. The Kier molecular flexibility index (Phi) is 4.22. The third-order valence-electron chi connectivity index (χ3n) is 2.73. The standard InChI is InChI=1S/C12H11ClN2O4S2/c1-6-7(2)20-12(14-6)15-21(18,19)8-3-4-9(11(16)17)10(13)5-8/h3-5H,1-2H3,(H,14,15)(H,16,17). The number of anilines is 1. The fourth-order valence-corrected chi connectivity index (χ4v) is 3.93. The van der Waals surface area contributed by atoms with Gasteiger partial charge in [0.1, 0.15) is 0 Å². The number of nitrogens with one attached hydrogen (secondary N) is 1. The van der Waals surface area contributed by atoms with E-state index in [1.807, 2.05) is 6.92 Å². The van der Waals surface area contributed by atoms with E-state index in [1.165, 1.54) is 17.4 Å². The largest absolute Gasteiger partial charge is 0.478 e. The van der Waals surface area contributed by atoms with E-state index in [0.717, 1.165) is 22.7 Å². The topological polar surface area (TPSA) is 96.4 Å². The molecule has 0 unspecified atom stereocenters. The van der Waals surface area contributed by atoms with Crippen molar-refractivity contribution < 1.29 is 18.3 Å². The van der Waals surface area contributed by atoms with Crippen LogP contribution in [0, 0.1) is 13.8 Å². The Bertz CT molecular complexity index is 795. The number of halogens is 1. The number of benzene rings is 1. The zero-order valence-corrected chi connectivity index (χ0v) is 13.4. The van der Waals surface area contributed by atoms with E-state index in [2.05, 4.69) is 9.71 Å². The van der Waals surface area contributed by atoms with E-state index < -0.39 is 16.0 Å². The lowest BCUT2D eigenvalue weighted by Gasteiger charge is -2.06. The lowest BCUT2D eigenvalue weighted by Crippen LogP contribution is -2.13. The molecule has 0 fully saturated rings. The minimum Gasteiger partial charge on any atom is -0.478 e. The molecule has 0 radical (unpaired) electrons. The number of thiazole rings is 1. The van der Waals surface area contributed by atoms with E-state index in [-0.39, 0.29) is 20.6 Å². The molecule has 0 spiro atoms. The molecule has 9 heteroatoms. The van der Waals surface area contributed by atoms with Gasteiger partial charge in [-0.2, -0.15) is 0 Å². The Morgan fingerprint density at radius 1 is 1.38 bits per heavy atom. The average Bonchev–Trinajstić information content (AvgIpc) is 2.66. The molecule has 1 aromatic heterocycles. The van der Waals surface area contributed by atoms with Crippen LogP contribution in [0.3, 0.4) is 0 Å². The lowest BCUT2D eigenvalue weighted by atomic mass is 10.2. The summed E-state index contributed by atoms with van der Waals surface area (Å²) in [5.74, 6) is -1.22. The first-order chi connectivity index (χ1) is 9.70. The van der Waals surface area contributed by atoms with Gasteiger partial charge in [0.15, 0.2) is 5.13 Å². The highest BCUT2D eigenvalue weighted by Crippen LogP contribution is 2.26. The number of hydrogen-bond donors (Lipinski definition) is 2. The first kappa shape index (κ1) is 15.7. The lowest BCUT2D eigenvalue weighted by molar-refractivity contribution is 0.0697. The Morgan fingerprint density at radius 3 is 2.52 bits per heavy atom. The van der Waals surface area contributed by atoms with Gasteiger partial charge in [-0.1, -0.05) is 11.6 Å². The van der Waals surface area contributed by atoms with Gasteiger partial charge in [0, 0.05) is 4.88 Å². The molecule has 0 aliphatic carbocycles. The van der Waals surface area contributed by atoms with Crippen LogP contribution >= 0.6 is 22.9 Å². The summed E-state index contributed by atoms with van der Waals surface area (Å²) in [5, 5.41) is 8.98. The highest BCUT2D eigenvalue weighted by molar-refractivity contribution is 7.93. The van der Waals surface area contributed by atoms with Crippen LogP contribution in [0.15, 0.2) is 23.1 Å². The Hall–Kier alpha value is -1.64. The van der Waals surface area contributed by atoms with E-state index in [4.69, 9.17) is 16.7 Å². The number of sulfonamides is 1. The van der Waals surface area contributed by atoms with Gasteiger partial charge in [0.25, 0.3) is 10.0 Å². The maximum Gasteiger partial charge on any atom is 0.337 e. The van der Waals surface area contributed by atoms with E-state index in [0.29, 0.717) is 0 Å². The molecular formula is C12H11ClN2O4S2. The molecule has 21 heavy (non-hydrogen) atoms. The van der Waals surface area contributed by atoms with Crippen LogP contribution in [-0.4, -0.2) is 24.5 Å². The second-order valence-electron chi connectivity index (χ2n) is 4.21. The molecule has 6 nitrogen and oxygen atoms in total. The maximum absolute atomic E-state index is 12.2. The molecule has 0 aliphatic rings. The summed E-state index contributed by atoms with van der Waals surface area (Å²) >= 11 is 7.00. The number of carboxylic acids is 1. The monoisotopic (exact) mass is 346 g/mol. The minimum atomic E-state index is -3.86. The number of aromatic carboxylic acids is 1. The number of hydrogen-bond acceptors (Lipinski definition) is 5. The molecule has 2 N–H and O–H groups in total. The highest BCUT2D eigenvalue weighted by Gasteiger charge is 2.19. The fourth-order valence-electron chi connectivity index (χ4n) is 1.53. The number of carboxylic acid groups (broad SMARTS) is 1. The third-order valence-corrected chi connectivity index (χ3v) is 5.50. The van der Waals surface area contributed by atoms with Crippen LogP contribution in [0.2, 0.25) is 5.02 Å².